The Bertz CT molecular complexity index is 590. The van der Waals surface area contributed by atoms with Crippen LogP contribution in [0.2, 0.25) is 0 Å². The highest BCUT2D eigenvalue weighted by atomic mass is 32.2. The third-order valence-corrected chi connectivity index (χ3v) is 3.30. The number of esters is 1. The molecule has 19 heavy (non-hydrogen) atoms. The lowest BCUT2D eigenvalue weighted by Crippen LogP contribution is -2.24. The number of rotatable bonds is 5. The number of carboxylic acid groups (broad SMARTS) is 1. The van der Waals surface area contributed by atoms with Crippen LogP contribution in [0.5, 0.6) is 0 Å². The average Bonchev–Trinajstić information content (AvgIpc) is 2.26. The van der Waals surface area contributed by atoms with Gasteiger partial charge in [0.25, 0.3) is 0 Å². The van der Waals surface area contributed by atoms with Crippen LogP contribution in [-0.2, 0) is 14.6 Å². The number of carboxylic acids is 1. The van der Waals surface area contributed by atoms with Crippen LogP contribution in [-0.4, -0.2) is 43.6 Å². The van der Waals surface area contributed by atoms with E-state index in [1.807, 2.05) is 0 Å². The zero-order valence-electron chi connectivity index (χ0n) is 10.5. The van der Waals surface area contributed by atoms with Crippen molar-refractivity contribution in [2.24, 2.45) is 0 Å². The Morgan fingerprint density at radius 1 is 1.26 bits per heavy atom. The summed E-state index contributed by atoms with van der Waals surface area (Å²) in [6, 6.07) is 5.59. The van der Waals surface area contributed by atoms with E-state index in [9.17, 15) is 18.0 Å². The normalized spacial score (nSPS) is 12.7. The minimum absolute atomic E-state index is 0.102. The molecule has 1 N–H and O–H groups in total. The van der Waals surface area contributed by atoms with Crippen molar-refractivity contribution in [3.8, 4) is 0 Å². The molecule has 104 valence electrons. The first kappa shape index (κ1) is 15.2. The van der Waals surface area contributed by atoms with Crippen LogP contribution in [0, 0.1) is 0 Å². The van der Waals surface area contributed by atoms with Gasteiger partial charge in [0, 0.05) is 6.26 Å². The number of aromatic carboxylic acids is 1. The maximum Gasteiger partial charge on any atom is 0.339 e. The molecule has 0 bridgehead atoms. The predicted octanol–water partition coefficient (Wildman–Crippen LogP) is 0.975. The summed E-state index contributed by atoms with van der Waals surface area (Å²) in [6.45, 7) is 1.43. The molecule has 0 radical (unpaired) electrons. The van der Waals surface area contributed by atoms with Crippen LogP contribution >= 0.6 is 0 Å². The quantitative estimate of drug-likeness (QED) is 0.810. The van der Waals surface area contributed by atoms with E-state index in [0.717, 1.165) is 6.26 Å². The fourth-order valence-corrected chi connectivity index (χ4v) is 2.47. The van der Waals surface area contributed by atoms with Crippen molar-refractivity contribution < 1.29 is 27.9 Å². The molecule has 0 heterocycles. The number of hydrogen-bond acceptors (Lipinski definition) is 5. The lowest BCUT2D eigenvalue weighted by atomic mass is 10.1. The molecule has 7 heteroatoms. The Hall–Kier alpha value is -1.89. The van der Waals surface area contributed by atoms with Crippen LogP contribution in [0.1, 0.15) is 27.6 Å². The molecule has 1 aromatic carbocycles. The molecule has 0 saturated heterocycles. The van der Waals surface area contributed by atoms with Gasteiger partial charge in [0.2, 0.25) is 0 Å². The monoisotopic (exact) mass is 286 g/mol. The number of carbonyl (C=O) groups is 2. The van der Waals surface area contributed by atoms with E-state index in [2.05, 4.69) is 0 Å². The molecule has 0 aliphatic heterocycles. The first-order valence-electron chi connectivity index (χ1n) is 5.41. The predicted molar refractivity (Wildman–Crippen MR) is 68.0 cm³/mol. The van der Waals surface area contributed by atoms with Crippen molar-refractivity contribution in [3.63, 3.8) is 0 Å². The maximum absolute atomic E-state index is 11.8. The Labute approximate surface area is 110 Å². The zero-order valence-corrected chi connectivity index (χ0v) is 11.3. The molecule has 0 amide bonds. The van der Waals surface area contributed by atoms with E-state index in [0.29, 0.717) is 0 Å². The number of sulfone groups is 1. The van der Waals surface area contributed by atoms with Crippen molar-refractivity contribution in [1.29, 1.82) is 0 Å². The molecule has 0 spiro atoms. The molecule has 1 unspecified atom stereocenters. The second-order valence-corrected chi connectivity index (χ2v) is 6.34. The van der Waals surface area contributed by atoms with Crippen LogP contribution in [0.15, 0.2) is 24.3 Å². The topological polar surface area (TPSA) is 97.7 Å². The molecule has 6 nitrogen and oxygen atoms in total. The highest BCUT2D eigenvalue weighted by Crippen LogP contribution is 2.12. The van der Waals surface area contributed by atoms with E-state index >= 15 is 0 Å². The fraction of sp³-hybridized carbons (Fsp3) is 0.333. The van der Waals surface area contributed by atoms with Gasteiger partial charge in [-0.15, -0.1) is 0 Å². The molecule has 1 atom stereocenters. The minimum atomic E-state index is -3.27. The van der Waals surface area contributed by atoms with Gasteiger partial charge in [0.05, 0.1) is 16.9 Å². The smallest absolute Gasteiger partial charge is 0.339 e. The molecule has 0 saturated carbocycles. The Morgan fingerprint density at radius 3 is 2.26 bits per heavy atom. The van der Waals surface area contributed by atoms with Gasteiger partial charge >= 0.3 is 11.9 Å². The number of ether oxygens (including phenoxy) is 1. The fourth-order valence-electron chi connectivity index (χ4n) is 1.55. The van der Waals surface area contributed by atoms with Crippen molar-refractivity contribution >= 4 is 21.8 Å². The molecule has 0 aromatic heterocycles. The van der Waals surface area contributed by atoms with Gasteiger partial charge in [-0.1, -0.05) is 12.1 Å². The summed E-state index contributed by atoms with van der Waals surface area (Å²) >= 11 is 0. The largest absolute Gasteiger partial charge is 0.478 e. The van der Waals surface area contributed by atoms with Crippen molar-refractivity contribution in [2.75, 3.05) is 12.0 Å². The van der Waals surface area contributed by atoms with Gasteiger partial charge in [-0.3, -0.25) is 0 Å². The van der Waals surface area contributed by atoms with Crippen molar-refractivity contribution in [1.82, 2.24) is 0 Å². The summed E-state index contributed by atoms with van der Waals surface area (Å²) in [4.78, 5) is 22.7. The van der Waals surface area contributed by atoms with Crippen LogP contribution in [0.3, 0.4) is 0 Å². The molecule has 0 fully saturated rings. The average molecular weight is 286 g/mol. The molecule has 1 rings (SSSR count). The molecule has 1 aromatic rings. The van der Waals surface area contributed by atoms with E-state index in [1.165, 1.54) is 31.2 Å². The summed E-state index contributed by atoms with van der Waals surface area (Å²) in [5.74, 6) is -2.41. The first-order valence-corrected chi connectivity index (χ1v) is 7.48. The summed E-state index contributed by atoms with van der Waals surface area (Å²) in [5.41, 5.74) is -0.283. The maximum atomic E-state index is 11.8. The molecular weight excluding hydrogens is 272 g/mol. The Balaban J connectivity index is 2.87. The standard InChI is InChI=1S/C12H14O6S/c1-8(7-19(2,16)17)18-12(15)10-6-4-3-5-9(10)11(13)14/h3-6,8H,7H2,1-2H3,(H,13,14). The molecule has 0 aliphatic rings. The van der Waals surface area contributed by atoms with Gasteiger partial charge < -0.3 is 9.84 Å². The third-order valence-electron chi connectivity index (χ3n) is 2.22. The highest BCUT2D eigenvalue weighted by Gasteiger charge is 2.20. The summed E-state index contributed by atoms with van der Waals surface area (Å²) < 4.78 is 27.0. The van der Waals surface area contributed by atoms with Gasteiger partial charge in [-0.2, -0.15) is 0 Å². The van der Waals surface area contributed by atoms with E-state index in [4.69, 9.17) is 9.84 Å². The van der Waals surface area contributed by atoms with Gasteiger partial charge in [0.1, 0.15) is 6.10 Å². The minimum Gasteiger partial charge on any atom is -0.478 e. The van der Waals surface area contributed by atoms with Crippen LogP contribution in [0.4, 0.5) is 0 Å². The lowest BCUT2D eigenvalue weighted by Gasteiger charge is -2.13. The van der Waals surface area contributed by atoms with E-state index < -0.39 is 27.9 Å². The summed E-state index contributed by atoms with van der Waals surface area (Å²) in [5, 5.41) is 8.93. The van der Waals surface area contributed by atoms with E-state index in [1.54, 1.807) is 0 Å². The first-order chi connectivity index (χ1) is 8.70. The Morgan fingerprint density at radius 2 is 1.79 bits per heavy atom. The zero-order chi connectivity index (χ0) is 14.6. The second-order valence-electron chi connectivity index (χ2n) is 4.16. The summed E-state index contributed by atoms with van der Waals surface area (Å²) in [6.07, 6.45) is 0.187. The number of hydrogen-bond donors (Lipinski definition) is 1. The molecular formula is C12H14O6S. The van der Waals surface area contributed by atoms with E-state index in [-0.39, 0.29) is 16.9 Å². The SMILES string of the molecule is CC(CS(C)(=O)=O)OC(=O)c1ccccc1C(=O)O. The second kappa shape index (κ2) is 5.83. The molecule has 0 aliphatic carbocycles. The Kier molecular flexibility index (Phi) is 4.66. The van der Waals surface area contributed by atoms with Gasteiger partial charge in [-0.25, -0.2) is 18.0 Å². The van der Waals surface area contributed by atoms with Crippen molar-refractivity contribution in [2.45, 2.75) is 13.0 Å². The van der Waals surface area contributed by atoms with Gasteiger partial charge in [-0.05, 0) is 19.1 Å². The van der Waals surface area contributed by atoms with Crippen LogP contribution < -0.4 is 0 Å². The van der Waals surface area contributed by atoms with Gasteiger partial charge in [0.15, 0.2) is 9.84 Å². The highest BCUT2D eigenvalue weighted by molar-refractivity contribution is 7.90. The van der Waals surface area contributed by atoms with Crippen molar-refractivity contribution in [3.05, 3.63) is 35.4 Å². The number of carbonyl (C=O) groups excluding carboxylic acids is 1. The third kappa shape index (κ3) is 4.70. The number of benzene rings is 1. The summed E-state index contributed by atoms with van der Waals surface area (Å²) in [7, 11) is -3.27. The van der Waals surface area contributed by atoms with Crippen LogP contribution in [0.25, 0.3) is 0 Å². The lowest BCUT2D eigenvalue weighted by molar-refractivity contribution is 0.0377.